The first-order valence-electron chi connectivity index (χ1n) is 8.49. The number of rotatable bonds is 4. The molecule has 2 amide bonds. The molecule has 26 heavy (non-hydrogen) atoms. The summed E-state index contributed by atoms with van der Waals surface area (Å²) in [6, 6.07) is 13.1. The smallest absolute Gasteiger partial charge is 0.293 e. The third-order valence-corrected chi connectivity index (χ3v) is 5.29. The SMILES string of the molecule is Cc1cc(/C=C2\SC(=O)N(Cc3ccc(C(C)C)cc3)C2=O)ccc1O. The Morgan fingerprint density at radius 3 is 2.42 bits per heavy atom. The zero-order chi connectivity index (χ0) is 18.8. The summed E-state index contributed by atoms with van der Waals surface area (Å²) >= 11 is 0.950. The number of benzene rings is 2. The molecule has 0 radical (unpaired) electrons. The molecule has 4 nitrogen and oxygen atoms in total. The Hall–Kier alpha value is -2.53. The first-order chi connectivity index (χ1) is 12.3. The van der Waals surface area contributed by atoms with Crippen LogP contribution in [0.2, 0.25) is 0 Å². The fraction of sp³-hybridized carbons (Fsp3) is 0.238. The van der Waals surface area contributed by atoms with Crippen LogP contribution in [0.25, 0.3) is 6.08 Å². The van der Waals surface area contributed by atoms with Crippen LogP contribution in [0.5, 0.6) is 5.75 Å². The highest BCUT2D eigenvalue weighted by Crippen LogP contribution is 2.34. The van der Waals surface area contributed by atoms with E-state index in [-0.39, 0.29) is 23.4 Å². The number of phenolic OH excluding ortho intramolecular Hbond substituents is 1. The van der Waals surface area contributed by atoms with Gasteiger partial charge in [0.1, 0.15) is 5.75 Å². The molecule has 5 heteroatoms. The molecule has 2 aromatic carbocycles. The molecular formula is C21H21NO3S. The standard InChI is InChI=1S/C21H21NO3S/c1-13(2)17-7-4-15(5-8-17)12-22-20(24)19(26-21(22)25)11-16-6-9-18(23)14(3)10-16/h4-11,13,23H,12H2,1-3H3/b19-11-. The lowest BCUT2D eigenvalue weighted by molar-refractivity contribution is -0.123. The highest BCUT2D eigenvalue weighted by atomic mass is 32.2. The molecule has 0 atom stereocenters. The molecular weight excluding hydrogens is 346 g/mol. The summed E-state index contributed by atoms with van der Waals surface area (Å²) in [4.78, 5) is 26.6. The van der Waals surface area contributed by atoms with Crippen LogP contribution in [0.1, 0.15) is 42.0 Å². The molecule has 0 aromatic heterocycles. The van der Waals surface area contributed by atoms with Crippen molar-refractivity contribution in [2.75, 3.05) is 0 Å². The topological polar surface area (TPSA) is 57.6 Å². The first-order valence-corrected chi connectivity index (χ1v) is 9.30. The van der Waals surface area contributed by atoms with Crippen LogP contribution in [0.15, 0.2) is 47.4 Å². The van der Waals surface area contributed by atoms with Crippen LogP contribution in [-0.2, 0) is 11.3 Å². The van der Waals surface area contributed by atoms with E-state index in [2.05, 4.69) is 13.8 Å². The average Bonchev–Trinajstić information content (AvgIpc) is 2.86. The van der Waals surface area contributed by atoms with E-state index >= 15 is 0 Å². The number of amides is 2. The van der Waals surface area contributed by atoms with Crippen molar-refractivity contribution in [1.29, 1.82) is 0 Å². The number of carbonyl (C=O) groups excluding carboxylic acids is 2. The number of aromatic hydroxyl groups is 1. The molecule has 1 heterocycles. The van der Waals surface area contributed by atoms with E-state index in [9.17, 15) is 14.7 Å². The fourth-order valence-electron chi connectivity index (χ4n) is 2.75. The van der Waals surface area contributed by atoms with Gasteiger partial charge >= 0.3 is 0 Å². The van der Waals surface area contributed by atoms with Crippen LogP contribution >= 0.6 is 11.8 Å². The number of imide groups is 1. The van der Waals surface area contributed by atoms with Gasteiger partial charge in [-0.3, -0.25) is 14.5 Å². The fourth-order valence-corrected chi connectivity index (χ4v) is 3.58. The summed E-state index contributed by atoms with van der Waals surface area (Å²) in [6.07, 6.45) is 1.69. The van der Waals surface area contributed by atoms with Gasteiger partial charge in [0.25, 0.3) is 11.1 Å². The number of hydrogen-bond donors (Lipinski definition) is 1. The van der Waals surface area contributed by atoms with E-state index in [4.69, 9.17) is 0 Å². The largest absolute Gasteiger partial charge is 0.508 e. The zero-order valence-electron chi connectivity index (χ0n) is 15.0. The normalized spacial score (nSPS) is 16.2. The van der Waals surface area contributed by atoms with E-state index in [1.807, 2.05) is 24.3 Å². The minimum Gasteiger partial charge on any atom is -0.508 e. The summed E-state index contributed by atoms with van der Waals surface area (Å²) in [5.41, 5.74) is 3.67. The summed E-state index contributed by atoms with van der Waals surface area (Å²) in [5.74, 6) is 0.372. The lowest BCUT2D eigenvalue weighted by atomic mass is 10.0. The molecule has 1 saturated heterocycles. The van der Waals surface area contributed by atoms with E-state index < -0.39 is 0 Å². The van der Waals surface area contributed by atoms with Gasteiger partial charge in [-0.2, -0.15) is 0 Å². The van der Waals surface area contributed by atoms with Gasteiger partial charge in [-0.25, -0.2) is 0 Å². The van der Waals surface area contributed by atoms with Gasteiger partial charge in [-0.15, -0.1) is 0 Å². The number of phenols is 1. The first kappa shape index (κ1) is 18.3. The molecule has 0 unspecified atom stereocenters. The quantitative estimate of drug-likeness (QED) is 0.767. The number of carbonyl (C=O) groups is 2. The van der Waals surface area contributed by atoms with Crippen molar-refractivity contribution < 1.29 is 14.7 Å². The van der Waals surface area contributed by atoms with Crippen molar-refractivity contribution in [3.05, 3.63) is 69.6 Å². The molecule has 1 N–H and O–H groups in total. The van der Waals surface area contributed by atoms with Crippen LogP contribution < -0.4 is 0 Å². The molecule has 1 aliphatic rings. The number of thioether (sulfide) groups is 1. The molecule has 0 aliphatic carbocycles. The van der Waals surface area contributed by atoms with Crippen molar-refractivity contribution in [3.63, 3.8) is 0 Å². The van der Waals surface area contributed by atoms with E-state index in [1.165, 1.54) is 10.5 Å². The monoisotopic (exact) mass is 367 g/mol. The molecule has 0 bridgehead atoms. The van der Waals surface area contributed by atoms with E-state index in [1.54, 1.807) is 31.2 Å². The minimum absolute atomic E-state index is 0.208. The van der Waals surface area contributed by atoms with Gasteiger partial charge < -0.3 is 5.11 Å². The minimum atomic E-state index is -0.279. The molecule has 1 fully saturated rings. The maximum atomic E-state index is 12.6. The molecule has 2 aromatic rings. The predicted octanol–water partition coefficient (Wildman–Crippen LogP) is 5.06. The Bertz CT molecular complexity index is 885. The summed E-state index contributed by atoms with van der Waals surface area (Å²) in [5, 5.41) is 9.34. The van der Waals surface area contributed by atoms with Crippen molar-refractivity contribution in [3.8, 4) is 5.75 Å². The maximum Gasteiger partial charge on any atom is 0.293 e. The predicted molar refractivity (Wildman–Crippen MR) is 105 cm³/mol. The molecule has 1 aliphatic heterocycles. The van der Waals surface area contributed by atoms with Crippen LogP contribution in [-0.4, -0.2) is 21.2 Å². The van der Waals surface area contributed by atoms with Gasteiger partial charge in [0, 0.05) is 0 Å². The summed E-state index contributed by atoms with van der Waals surface area (Å²) in [6.45, 7) is 6.32. The number of hydrogen-bond acceptors (Lipinski definition) is 4. The molecule has 3 rings (SSSR count). The Morgan fingerprint density at radius 1 is 1.12 bits per heavy atom. The number of nitrogens with zero attached hydrogens (tertiary/aromatic N) is 1. The highest BCUT2D eigenvalue weighted by Gasteiger charge is 2.34. The second-order valence-electron chi connectivity index (χ2n) is 6.71. The van der Waals surface area contributed by atoms with E-state index in [0.29, 0.717) is 10.8 Å². The van der Waals surface area contributed by atoms with Crippen molar-refractivity contribution in [2.24, 2.45) is 0 Å². The van der Waals surface area contributed by atoms with Gasteiger partial charge in [0.15, 0.2) is 0 Å². The second kappa shape index (κ2) is 7.38. The Balaban J connectivity index is 1.78. The second-order valence-corrected chi connectivity index (χ2v) is 7.70. The highest BCUT2D eigenvalue weighted by molar-refractivity contribution is 8.18. The van der Waals surface area contributed by atoms with Gasteiger partial charge in [0.05, 0.1) is 11.4 Å². The average molecular weight is 367 g/mol. The number of aryl methyl sites for hydroxylation is 1. The van der Waals surface area contributed by atoms with E-state index in [0.717, 1.165) is 28.5 Å². The Morgan fingerprint density at radius 2 is 1.81 bits per heavy atom. The molecule has 134 valence electrons. The van der Waals surface area contributed by atoms with Crippen LogP contribution in [0.4, 0.5) is 4.79 Å². The van der Waals surface area contributed by atoms with Gasteiger partial charge in [-0.1, -0.05) is 44.2 Å². The van der Waals surface area contributed by atoms with Crippen LogP contribution in [0, 0.1) is 6.92 Å². The van der Waals surface area contributed by atoms with Crippen molar-refractivity contribution in [1.82, 2.24) is 4.90 Å². The third kappa shape index (κ3) is 3.83. The Kier molecular flexibility index (Phi) is 5.18. The zero-order valence-corrected chi connectivity index (χ0v) is 15.8. The van der Waals surface area contributed by atoms with Crippen molar-refractivity contribution >= 4 is 29.0 Å². The molecule has 0 saturated carbocycles. The van der Waals surface area contributed by atoms with Crippen LogP contribution in [0.3, 0.4) is 0 Å². The lowest BCUT2D eigenvalue weighted by Crippen LogP contribution is -2.27. The van der Waals surface area contributed by atoms with Crippen molar-refractivity contribution in [2.45, 2.75) is 33.2 Å². The Labute approximate surface area is 157 Å². The molecule has 0 spiro atoms. The lowest BCUT2D eigenvalue weighted by Gasteiger charge is -2.13. The van der Waals surface area contributed by atoms with Gasteiger partial charge in [0.2, 0.25) is 0 Å². The summed E-state index contributed by atoms with van der Waals surface area (Å²) < 4.78 is 0. The maximum absolute atomic E-state index is 12.6. The summed E-state index contributed by atoms with van der Waals surface area (Å²) in [7, 11) is 0. The van der Waals surface area contributed by atoms with Gasteiger partial charge in [-0.05, 0) is 65.1 Å². The third-order valence-electron chi connectivity index (χ3n) is 4.38.